The maximum Gasteiger partial charge on any atom is 0.271 e. The van der Waals surface area contributed by atoms with Crippen molar-refractivity contribution in [1.82, 2.24) is 5.32 Å². The van der Waals surface area contributed by atoms with Crippen LogP contribution in [0.4, 0.5) is 0 Å². The van der Waals surface area contributed by atoms with E-state index in [1.807, 2.05) is 6.07 Å². The first-order valence-electron chi connectivity index (χ1n) is 6.37. The van der Waals surface area contributed by atoms with Crippen LogP contribution >= 0.6 is 11.3 Å². The van der Waals surface area contributed by atoms with Crippen molar-refractivity contribution in [1.29, 1.82) is 0 Å². The molecular formula is C12H18N2O4S2. The Morgan fingerprint density at radius 2 is 2.10 bits per heavy atom. The van der Waals surface area contributed by atoms with Crippen LogP contribution in [0.1, 0.15) is 17.7 Å². The molecule has 8 heteroatoms. The maximum absolute atomic E-state index is 11.1. The van der Waals surface area contributed by atoms with Crippen LogP contribution < -0.4 is 10.5 Å². The maximum atomic E-state index is 11.1. The lowest BCUT2D eigenvalue weighted by molar-refractivity contribution is 0.284. The third kappa shape index (κ3) is 4.03. The molecule has 0 bridgehead atoms. The Hall–Kier alpha value is -0.930. The van der Waals surface area contributed by atoms with Gasteiger partial charge < -0.3 is 14.8 Å². The molecule has 6 nitrogen and oxygen atoms in total. The number of primary sulfonamides is 1. The molecule has 2 heterocycles. The summed E-state index contributed by atoms with van der Waals surface area (Å²) in [7, 11) is -3.77. The fourth-order valence-electron chi connectivity index (χ4n) is 1.83. The molecule has 0 spiro atoms. The number of aliphatic hydroxyl groups excluding tert-OH is 1. The van der Waals surface area contributed by atoms with Gasteiger partial charge >= 0.3 is 0 Å². The van der Waals surface area contributed by atoms with Gasteiger partial charge in [-0.2, -0.15) is 0 Å². The summed E-state index contributed by atoms with van der Waals surface area (Å²) in [4.78, 5) is 1.72. The van der Waals surface area contributed by atoms with E-state index in [1.165, 1.54) is 17.4 Å². The highest BCUT2D eigenvalue weighted by atomic mass is 32.2. The van der Waals surface area contributed by atoms with E-state index in [9.17, 15) is 8.42 Å². The Balaban J connectivity index is 1.88. The monoisotopic (exact) mass is 318 g/mol. The number of rotatable bonds is 8. The Kier molecular flexibility index (Phi) is 5.17. The molecule has 0 fully saturated rings. The van der Waals surface area contributed by atoms with Gasteiger partial charge in [0.25, 0.3) is 10.0 Å². The number of furan rings is 1. The number of hydrogen-bond donors (Lipinski definition) is 3. The fourth-order valence-corrected chi connectivity index (χ4v) is 3.37. The van der Waals surface area contributed by atoms with Crippen LogP contribution in [-0.2, 0) is 16.4 Å². The summed E-state index contributed by atoms with van der Waals surface area (Å²) in [6.45, 7) is 1.96. The molecule has 0 atom stereocenters. The van der Waals surface area contributed by atoms with Crippen molar-refractivity contribution < 1.29 is 17.9 Å². The fraction of sp³-hybridized carbons (Fsp3) is 0.500. The number of nitrogens with one attached hydrogen (secondary N) is 1. The van der Waals surface area contributed by atoms with Gasteiger partial charge in [-0.15, -0.1) is 11.3 Å². The van der Waals surface area contributed by atoms with Crippen LogP contribution in [0.3, 0.4) is 0 Å². The summed E-state index contributed by atoms with van der Waals surface area (Å²) in [6, 6.07) is 3.38. The van der Waals surface area contributed by atoms with Crippen molar-refractivity contribution in [3.8, 4) is 0 Å². The van der Waals surface area contributed by atoms with Gasteiger partial charge in [0.05, 0.1) is 0 Å². The van der Waals surface area contributed by atoms with Crippen molar-refractivity contribution in [2.24, 2.45) is 5.14 Å². The molecule has 0 aliphatic carbocycles. The summed E-state index contributed by atoms with van der Waals surface area (Å²) >= 11 is 1.44. The van der Waals surface area contributed by atoms with E-state index in [4.69, 9.17) is 14.7 Å². The van der Waals surface area contributed by atoms with Gasteiger partial charge in [0.15, 0.2) is 4.90 Å². The molecule has 0 unspecified atom stereocenters. The van der Waals surface area contributed by atoms with Crippen LogP contribution in [0.25, 0.3) is 10.3 Å². The van der Waals surface area contributed by atoms with Crippen LogP contribution in [0.2, 0.25) is 0 Å². The molecule has 0 saturated carbocycles. The Bertz CT molecular complexity index is 629. The molecule has 2 aromatic heterocycles. The number of hydrogen-bond acceptors (Lipinski definition) is 6. The van der Waals surface area contributed by atoms with Gasteiger partial charge in [-0.3, -0.25) is 0 Å². The quantitative estimate of drug-likeness (QED) is 0.631. The number of unbranched alkanes of at least 4 members (excludes halogenated alkanes) is 1. The predicted octanol–water partition coefficient (Wildman–Crippen LogP) is 1.05. The van der Waals surface area contributed by atoms with Gasteiger partial charge in [-0.1, -0.05) is 0 Å². The molecule has 0 saturated heterocycles. The first-order chi connectivity index (χ1) is 9.50. The Morgan fingerprint density at radius 3 is 2.75 bits per heavy atom. The van der Waals surface area contributed by atoms with E-state index in [1.54, 1.807) is 0 Å². The van der Waals surface area contributed by atoms with Gasteiger partial charge in [-0.05, 0) is 38.4 Å². The summed E-state index contributed by atoms with van der Waals surface area (Å²) in [5.41, 5.74) is 0. The number of sulfonamides is 1. The largest absolute Gasteiger partial charge is 0.433 e. The highest BCUT2D eigenvalue weighted by Crippen LogP contribution is 2.30. The standard InChI is InChI=1S/C12H18N2O4S2/c13-20(16,17)11-8-9-7-10(19-12(9)18-11)3-5-14-4-1-2-6-15/h7-8,14-15H,1-6H2,(H2,13,16,17). The molecule has 0 aromatic carbocycles. The van der Waals surface area contributed by atoms with Crippen LogP contribution in [0, 0.1) is 0 Å². The molecular weight excluding hydrogens is 300 g/mol. The lowest BCUT2D eigenvalue weighted by Crippen LogP contribution is -2.18. The van der Waals surface area contributed by atoms with E-state index in [0.29, 0.717) is 4.90 Å². The van der Waals surface area contributed by atoms with Crippen LogP contribution in [0.15, 0.2) is 21.6 Å². The number of fused-ring (bicyclic) bond motifs is 1. The third-order valence-corrected chi connectivity index (χ3v) is 4.68. The summed E-state index contributed by atoms with van der Waals surface area (Å²) < 4.78 is 27.5. The summed E-state index contributed by atoms with van der Waals surface area (Å²) in [6.07, 6.45) is 2.63. The zero-order valence-electron chi connectivity index (χ0n) is 11.0. The highest BCUT2D eigenvalue weighted by molar-refractivity contribution is 7.89. The van der Waals surface area contributed by atoms with Crippen LogP contribution in [0.5, 0.6) is 0 Å². The average molecular weight is 318 g/mol. The van der Waals surface area contributed by atoms with E-state index >= 15 is 0 Å². The van der Waals surface area contributed by atoms with Crippen molar-refractivity contribution in [2.45, 2.75) is 24.4 Å². The Morgan fingerprint density at radius 1 is 1.30 bits per heavy atom. The van der Waals surface area contributed by atoms with E-state index < -0.39 is 10.0 Å². The minimum absolute atomic E-state index is 0.188. The second kappa shape index (κ2) is 6.68. The SMILES string of the molecule is NS(=O)(=O)c1cc2cc(CCNCCCCO)sc2o1. The first-order valence-corrected chi connectivity index (χ1v) is 8.73. The van der Waals surface area contributed by atoms with Crippen molar-refractivity contribution in [3.05, 3.63) is 17.0 Å². The second-order valence-electron chi connectivity index (χ2n) is 4.50. The topological polar surface area (TPSA) is 106 Å². The van der Waals surface area contributed by atoms with Crippen molar-refractivity contribution in [2.75, 3.05) is 19.7 Å². The highest BCUT2D eigenvalue weighted by Gasteiger charge is 2.16. The predicted molar refractivity (Wildman–Crippen MR) is 78.4 cm³/mol. The lowest BCUT2D eigenvalue weighted by atomic mass is 10.3. The van der Waals surface area contributed by atoms with Gasteiger partial charge in [0.1, 0.15) is 0 Å². The molecule has 2 rings (SSSR count). The molecule has 112 valence electrons. The lowest BCUT2D eigenvalue weighted by Gasteiger charge is -2.02. The number of nitrogens with two attached hydrogens (primary N) is 1. The molecule has 0 aliphatic rings. The van der Waals surface area contributed by atoms with Crippen molar-refractivity contribution >= 4 is 31.6 Å². The third-order valence-electron chi connectivity index (χ3n) is 2.83. The van der Waals surface area contributed by atoms with Gasteiger partial charge in [0.2, 0.25) is 5.09 Å². The first kappa shape index (κ1) is 15.5. The van der Waals surface area contributed by atoms with Crippen LogP contribution in [-0.4, -0.2) is 33.2 Å². The normalized spacial score (nSPS) is 12.3. The smallest absolute Gasteiger partial charge is 0.271 e. The molecule has 20 heavy (non-hydrogen) atoms. The Labute approximate surface area is 121 Å². The van der Waals surface area contributed by atoms with E-state index in [-0.39, 0.29) is 11.7 Å². The zero-order valence-corrected chi connectivity index (χ0v) is 12.6. The molecule has 4 N–H and O–H groups in total. The molecule has 0 radical (unpaired) electrons. The van der Waals surface area contributed by atoms with Crippen molar-refractivity contribution in [3.63, 3.8) is 0 Å². The number of thiophene rings is 1. The zero-order chi connectivity index (χ0) is 14.6. The minimum atomic E-state index is -3.77. The van der Waals surface area contributed by atoms with Gasteiger partial charge in [0, 0.05) is 22.9 Å². The van der Waals surface area contributed by atoms with E-state index in [2.05, 4.69) is 5.32 Å². The number of aliphatic hydroxyl groups is 1. The summed E-state index contributed by atoms with van der Waals surface area (Å²) in [5, 5.41) is 17.5. The van der Waals surface area contributed by atoms with Gasteiger partial charge in [-0.25, -0.2) is 13.6 Å². The molecule has 0 amide bonds. The second-order valence-corrected chi connectivity index (χ2v) is 7.09. The molecule has 0 aliphatic heterocycles. The minimum Gasteiger partial charge on any atom is -0.433 e. The summed E-state index contributed by atoms with van der Waals surface area (Å²) in [5.74, 6) is 0. The molecule has 2 aromatic rings. The van der Waals surface area contributed by atoms with E-state index in [0.717, 1.165) is 42.6 Å². The average Bonchev–Trinajstić information content (AvgIpc) is 2.90.